The number of oxazole rings is 1. The van der Waals surface area contributed by atoms with E-state index in [0.29, 0.717) is 17.5 Å². The highest BCUT2D eigenvalue weighted by molar-refractivity contribution is 5.79. The number of aromatic nitrogens is 1. The summed E-state index contributed by atoms with van der Waals surface area (Å²) in [6.45, 7) is 0. The fraction of sp³-hybridized carbons (Fsp3) is 0.529. The first-order valence-electron chi connectivity index (χ1n) is 7.96. The Bertz CT molecular complexity index is 599. The van der Waals surface area contributed by atoms with Gasteiger partial charge in [0.1, 0.15) is 11.6 Å². The van der Waals surface area contributed by atoms with E-state index in [0.717, 1.165) is 11.9 Å². The van der Waals surface area contributed by atoms with Crippen molar-refractivity contribution in [3.05, 3.63) is 24.3 Å². The molecule has 2 aromatic rings. The Balaban J connectivity index is 1.72. The number of carbonyl (C=O) groups excluding carboxylic acids is 1. The van der Waals surface area contributed by atoms with Gasteiger partial charge in [0.25, 0.3) is 6.01 Å². The lowest BCUT2D eigenvalue weighted by molar-refractivity contribution is -0.142. The molecular formula is C17H22N2O3. The topological polar surface area (TPSA) is 64.4 Å². The van der Waals surface area contributed by atoms with Crippen LogP contribution in [0.25, 0.3) is 11.1 Å². The van der Waals surface area contributed by atoms with Gasteiger partial charge in [-0.05, 0) is 24.5 Å². The van der Waals surface area contributed by atoms with Gasteiger partial charge >= 0.3 is 5.97 Å². The van der Waals surface area contributed by atoms with E-state index >= 15 is 0 Å². The Kier molecular flexibility index (Phi) is 4.61. The second-order valence-corrected chi connectivity index (χ2v) is 5.95. The van der Waals surface area contributed by atoms with Crippen LogP contribution in [-0.2, 0) is 9.53 Å². The predicted molar refractivity (Wildman–Crippen MR) is 84.6 cm³/mol. The molecule has 5 nitrogen and oxygen atoms in total. The molecule has 3 rings (SSSR count). The van der Waals surface area contributed by atoms with Crippen LogP contribution in [0, 0.1) is 5.92 Å². The SMILES string of the molecule is COC(=O)[C@@H](CC1CCCCC1)Nc1nc2ccccc2o1. The molecule has 1 aliphatic rings. The van der Waals surface area contributed by atoms with Gasteiger partial charge < -0.3 is 14.5 Å². The number of anilines is 1. The molecule has 118 valence electrons. The Hall–Kier alpha value is -2.04. The van der Waals surface area contributed by atoms with Crippen molar-refractivity contribution in [2.24, 2.45) is 5.92 Å². The van der Waals surface area contributed by atoms with Crippen LogP contribution in [-0.4, -0.2) is 24.1 Å². The molecule has 1 N–H and O–H groups in total. The van der Waals surface area contributed by atoms with Crippen LogP contribution in [0.15, 0.2) is 28.7 Å². The third-order valence-electron chi connectivity index (χ3n) is 4.37. The number of esters is 1. The molecule has 0 amide bonds. The number of carbonyl (C=O) groups is 1. The van der Waals surface area contributed by atoms with Gasteiger partial charge in [0.15, 0.2) is 5.58 Å². The second-order valence-electron chi connectivity index (χ2n) is 5.95. The lowest BCUT2D eigenvalue weighted by Gasteiger charge is -2.25. The first-order chi connectivity index (χ1) is 10.8. The molecule has 0 spiro atoms. The third-order valence-corrected chi connectivity index (χ3v) is 4.37. The summed E-state index contributed by atoms with van der Waals surface area (Å²) in [6.07, 6.45) is 6.94. The van der Waals surface area contributed by atoms with Gasteiger partial charge in [0.2, 0.25) is 0 Å². The number of benzene rings is 1. The van der Waals surface area contributed by atoms with Crippen LogP contribution in [0.4, 0.5) is 6.01 Å². The standard InChI is InChI=1S/C17H22N2O3/c1-21-16(20)14(11-12-7-3-2-4-8-12)19-17-18-13-9-5-6-10-15(13)22-17/h5-6,9-10,12,14H,2-4,7-8,11H2,1H3,(H,18,19)/t14-/m1/s1. The molecule has 0 unspecified atom stereocenters. The summed E-state index contributed by atoms with van der Waals surface area (Å²) in [5.41, 5.74) is 1.50. The summed E-state index contributed by atoms with van der Waals surface area (Å²) < 4.78 is 10.6. The summed E-state index contributed by atoms with van der Waals surface area (Å²) in [7, 11) is 1.42. The lowest BCUT2D eigenvalue weighted by Crippen LogP contribution is -2.33. The number of para-hydroxylation sites is 2. The highest BCUT2D eigenvalue weighted by Gasteiger charge is 2.26. The van der Waals surface area contributed by atoms with Gasteiger partial charge in [-0.25, -0.2) is 4.79 Å². The fourth-order valence-electron chi connectivity index (χ4n) is 3.20. The van der Waals surface area contributed by atoms with Crippen LogP contribution < -0.4 is 5.32 Å². The number of ether oxygens (including phenoxy) is 1. The molecule has 0 saturated heterocycles. The molecule has 0 bridgehead atoms. The number of rotatable bonds is 5. The van der Waals surface area contributed by atoms with Crippen molar-refractivity contribution in [2.75, 3.05) is 12.4 Å². The van der Waals surface area contributed by atoms with Gasteiger partial charge in [0, 0.05) is 0 Å². The zero-order chi connectivity index (χ0) is 15.4. The van der Waals surface area contributed by atoms with Gasteiger partial charge in [-0.15, -0.1) is 0 Å². The fourth-order valence-corrected chi connectivity index (χ4v) is 3.20. The molecule has 1 aliphatic carbocycles. The van der Waals surface area contributed by atoms with Crippen molar-refractivity contribution >= 4 is 23.1 Å². The van der Waals surface area contributed by atoms with Crippen molar-refractivity contribution in [2.45, 2.75) is 44.6 Å². The molecular weight excluding hydrogens is 280 g/mol. The molecule has 1 aromatic carbocycles. The molecule has 22 heavy (non-hydrogen) atoms. The van der Waals surface area contributed by atoms with E-state index in [1.165, 1.54) is 39.2 Å². The molecule has 0 radical (unpaired) electrons. The Morgan fingerprint density at radius 2 is 2.14 bits per heavy atom. The highest BCUT2D eigenvalue weighted by atomic mass is 16.5. The van der Waals surface area contributed by atoms with Crippen LogP contribution in [0.3, 0.4) is 0 Å². The second kappa shape index (κ2) is 6.81. The average molecular weight is 302 g/mol. The lowest BCUT2D eigenvalue weighted by atomic mass is 9.85. The predicted octanol–water partition coefficient (Wildman–Crippen LogP) is 3.75. The number of nitrogens with one attached hydrogen (secondary N) is 1. The zero-order valence-electron chi connectivity index (χ0n) is 12.9. The van der Waals surface area contributed by atoms with Crippen molar-refractivity contribution in [3.8, 4) is 0 Å². The Labute approximate surface area is 130 Å². The summed E-state index contributed by atoms with van der Waals surface area (Å²) in [5.74, 6) is 0.308. The maximum absolute atomic E-state index is 12.1. The molecule has 1 saturated carbocycles. The van der Waals surface area contributed by atoms with Gasteiger partial charge in [-0.3, -0.25) is 0 Å². The van der Waals surface area contributed by atoms with Crippen LogP contribution >= 0.6 is 0 Å². The van der Waals surface area contributed by atoms with Gasteiger partial charge in [0.05, 0.1) is 7.11 Å². The van der Waals surface area contributed by atoms with Crippen molar-refractivity contribution in [3.63, 3.8) is 0 Å². The quantitative estimate of drug-likeness (QED) is 0.852. The van der Waals surface area contributed by atoms with Crippen molar-refractivity contribution < 1.29 is 13.9 Å². The van der Waals surface area contributed by atoms with E-state index in [9.17, 15) is 4.79 Å². The molecule has 0 aliphatic heterocycles. The third kappa shape index (κ3) is 3.40. The summed E-state index contributed by atoms with van der Waals surface area (Å²) in [5, 5.41) is 3.11. The molecule has 1 fully saturated rings. The number of hydrogen-bond acceptors (Lipinski definition) is 5. The number of fused-ring (bicyclic) bond motifs is 1. The van der Waals surface area contributed by atoms with E-state index in [1.54, 1.807) is 0 Å². The monoisotopic (exact) mass is 302 g/mol. The van der Waals surface area contributed by atoms with Gasteiger partial charge in [-0.1, -0.05) is 44.2 Å². The molecule has 1 heterocycles. The normalized spacial score (nSPS) is 17.3. The smallest absolute Gasteiger partial charge is 0.328 e. The Morgan fingerprint density at radius 3 is 2.86 bits per heavy atom. The molecule has 1 aromatic heterocycles. The van der Waals surface area contributed by atoms with Crippen molar-refractivity contribution in [1.82, 2.24) is 4.98 Å². The van der Waals surface area contributed by atoms with Crippen LogP contribution in [0.2, 0.25) is 0 Å². The maximum atomic E-state index is 12.1. The highest BCUT2D eigenvalue weighted by Crippen LogP contribution is 2.29. The van der Waals surface area contributed by atoms with E-state index in [1.807, 2.05) is 24.3 Å². The van der Waals surface area contributed by atoms with E-state index in [-0.39, 0.29) is 5.97 Å². The van der Waals surface area contributed by atoms with Crippen LogP contribution in [0.1, 0.15) is 38.5 Å². The van der Waals surface area contributed by atoms with E-state index < -0.39 is 6.04 Å². The summed E-state index contributed by atoms with van der Waals surface area (Å²) in [4.78, 5) is 16.4. The maximum Gasteiger partial charge on any atom is 0.328 e. The first kappa shape index (κ1) is 14.9. The van der Waals surface area contributed by atoms with E-state index in [4.69, 9.17) is 9.15 Å². The minimum Gasteiger partial charge on any atom is -0.467 e. The summed E-state index contributed by atoms with van der Waals surface area (Å²) in [6, 6.07) is 7.54. The first-order valence-corrected chi connectivity index (χ1v) is 7.96. The zero-order valence-corrected chi connectivity index (χ0v) is 12.9. The summed E-state index contributed by atoms with van der Waals surface area (Å²) >= 11 is 0. The molecule has 1 atom stereocenters. The Morgan fingerprint density at radius 1 is 1.36 bits per heavy atom. The number of nitrogens with zero attached hydrogens (tertiary/aromatic N) is 1. The molecule has 5 heteroatoms. The minimum absolute atomic E-state index is 0.257. The number of methoxy groups -OCH3 is 1. The van der Waals surface area contributed by atoms with Gasteiger partial charge in [-0.2, -0.15) is 4.98 Å². The van der Waals surface area contributed by atoms with E-state index in [2.05, 4.69) is 10.3 Å². The minimum atomic E-state index is -0.402. The van der Waals surface area contributed by atoms with Crippen molar-refractivity contribution in [1.29, 1.82) is 0 Å². The average Bonchev–Trinajstić information content (AvgIpc) is 2.97. The number of hydrogen-bond donors (Lipinski definition) is 1. The largest absolute Gasteiger partial charge is 0.467 e. The van der Waals surface area contributed by atoms with Crippen LogP contribution in [0.5, 0.6) is 0 Å².